The van der Waals surface area contributed by atoms with Crippen molar-refractivity contribution in [2.24, 2.45) is 7.05 Å². The largest absolute Gasteiger partial charge is 0.456 e. The Bertz CT molecular complexity index is 1190. The molecule has 0 aliphatic rings. The molecule has 6 nitrogen and oxygen atoms in total. The Morgan fingerprint density at radius 3 is 2.29 bits per heavy atom. The van der Waals surface area contributed by atoms with Crippen LogP contribution in [0.5, 0.6) is 0 Å². The van der Waals surface area contributed by atoms with E-state index in [0.717, 1.165) is 16.7 Å². The van der Waals surface area contributed by atoms with E-state index in [1.807, 2.05) is 60.7 Å². The molecule has 0 aliphatic heterocycles. The Kier molecular flexibility index (Phi) is 6.09. The minimum absolute atomic E-state index is 0.184. The zero-order valence-electron chi connectivity index (χ0n) is 17.2. The molecular weight excluding hydrogens is 412 g/mol. The van der Waals surface area contributed by atoms with Gasteiger partial charge in [-0.2, -0.15) is 5.10 Å². The summed E-state index contributed by atoms with van der Waals surface area (Å²) in [6, 6.07) is 21.1. The Morgan fingerprint density at radius 1 is 1.00 bits per heavy atom. The quantitative estimate of drug-likeness (QED) is 0.323. The summed E-state index contributed by atoms with van der Waals surface area (Å²) in [4.78, 5) is 21.7. The smallest absolute Gasteiger partial charge is 0.357 e. The lowest BCUT2D eigenvalue weighted by molar-refractivity contribution is 0.0458. The number of rotatable bonds is 6. The van der Waals surface area contributed by atoms with E-state index in [2.05, 4.69) is 15.1 Å². The first-order valence-electron chi connectivity index (χ1n) is 9.83. The van der Waals surface area contributed by atoms with Gasteiger partial charge < -0.3 is 4.74 Å². The number of carbonyl (C=O) groups is 1. The topological polar surface area (TPSA) is 69.9 Å². The molecular formula is C24H21ClN4O2. The van der Waals surface area contributed by atoms with Crippen LogP contribution < -0.4 is 0 Å². The maximum Gasteiger partial charge on any atom is 0.357 e. The lowest BCUT2D eigenvalue weighted by Gasteiger charge is -2.09. The third-order valence-electron chi connectivity index (χ3n) is 4.82. The molecule has 0 radical (unpaired) electrons. The molecule has 4 rings (SSSR count). The average molecular weight is 433 g/mol. The van der Waals surface area contributed by atoms with Crippen molar-refractivity contribution in [3.63, 3.8) is 0 Å². The highest BCUT2D eigenvalue weighted by molar-refractivity contribution is 6.29. The summed E-state index contributed by atoms with van der Waals surface area (Å²) in [5.74, 6) is 0.0972. The first-order valence-corrected chi connectivity index (χ1v) is 10.2. The molecule has 0 aliphatic carbocycles. The van der Waals surface area contributed by atoms with Gasteiger partial charge in [0.1, 0.15) is 29.0 Å². The highest BCUT2D eigenvalue weighted by atomic mass is 35.5. The Balaban J connectivity index is 1.74. The minimum Gasteiger partial charge on any atom is -0.456 e. The number of esters is 1. The molecule has 0 N–H and O–H groups in total. The second-order valence-corrected chi connectivity index (χ2v) is 7.53. The molecule has 4 aromatic rings. The van der Waals surface area contributed by atoms with E-state index in [0.29, 0.717) is 34.5 Å². The van der Waals surface area contributed by atoms with Gasteiger partial charge in [0.15, 0.2) is 0 Å². The summed E-state index contributed by atoms with van der Waals surface area (Å²) in [5, 5.41) is 4.93. The van der Waals surface area contributed by atoms with Crippen LogP contribution in [0.1, 0.15) is 33.0 Å². The average Bonchev–Trinajstić information content (AvgIpc) is 3.08. The summed E-state index contributed by atoms with van der Waals surface area (Å²) in [5.41, 5.74) is 4.25. The van der Waals surface area contributed by atoms with Crippen molar-refractivity contribution in [2.45, 2.75) is 20.0 Å². The SMILES string of the molecule is Cc1nc(Cl)cc(-c2nn(C)c(C(=O)OCc3ccccc3)c2Cc2ccccc2)n1. The standard InChI is InChI=1S/C24H21ClN4O2/c1-16-26-20(14-21(25)27-16)22-19(13-17-9-5-3-6-10-17)23(29(2)28-22)24(30)31-15-18-11-7-4-8-12-18/h3-12,14H,13,15H2,1-2H3. The Morgan fingerprint density at radius 2 is 1.65 bits per heavy atom. The van der Waals surface area contributed by atoms with Crippen molar-refractivity contribution in [1.29, 1.82) is 0 Å². The van der Waals surface area contributed by atoms with Gasteiger partial charge >= 0.3 is 5.97 Å². The van der Waals surface area contributed by atoms with E-state index in [4.69, 9.17) is 16.3 Å². The van der Waals surface area contributed by atoms with Crippen LogP contribution in [-0.4, -0.2) is 25.7 Å². The van der Waals surface area contributed by atoms with E-state index < -0.39 is 5.97 Å². The third-order valence-corrected chi connectivity index (χ3v) is 5.02. The lowest BCUT2D eigenvalue weighted by atomic mass is 10.0. The van der Waals surface area contributed by atoms with Crippen LogP contribution >= 0.6 is 11.6 Å². The number of hydrogen-bond acceptors (Lipinski definition) is 5. The van der Waals surface area contributed by atoms with E-state index in [1.54, 1.807) is 24.7 Å². The molecule has 0 saturated carbocycles. The van der Waals surface area contributed by atoms with Crippen LogP contribution in [0, 0.1) is 6.92 Å². The Hall–Kier alpha value is -3.51. The van der Waals surface area contributed by atoms with Gasteiger partial charge in [-0.15, -0.1) is 0 Å². The lowest BCUT2D eigenvalue weighted by Crippen LogP contribution is -2.13. The highest BCUT2D eigenvalue weighted by Gasteiger charge is 2.25. The molecule has 0 saturated heterocycles. The summed E-state index contributed by atoms with van der Waals surface area (Å²) in [6.45, 7) is 1.95. The van der Waals surface area contributed by atoms with Gasteiger partial charge in [-0.1, -0.05) is 72.3 Å². The molecule has 0 spiro atoms. The first kappa shape index (κ1) is 20.8. The maximum atomic E-state index is 13.1. The number of halogens is 1. The first-order chi connectivity index (χ1) is 15.0. The van der Waals surface area contributed by atoms with Crippen molar-refractivity contribution >= 4 is 17.6 Å². The number of hydrogen-bond donors (Lipinski definition) is 0. The zero-order chi connectivity index (χ0) is 21.8. The van der Waals surface area contributed by atoms with Crippen molar-refractivity contribution in [1.82, 2.24) is 19.7 Å². The number of ether oxygens (including phenoxy) is 1. The van der Waals surface area contributed by atoms with Gasteiger partial charge in [-0.25, -0.2) is 14.8 Å². The maximum absolute atomic E-state index is 13.1. The summed E-state index contributed by atoms with van der Waals surface area (Å²) >= 11 is 6.16. The molecule has 0 bridgehead atoms. The number of aryl methyl sites for hydroxylation is 2. The molecule has 0 unspecified atom stereocenters. The number of carbonyl (C=O) groups excluding carboxylic acids is 1. The number of nitrogens with zero attached hydrogens (tertiary/aromatic N) is 4. The molecule has 7 heteroatoms. The van der Waals surface area contributed by atoms with E-state index >= 15 is 0 Å². The van der Waals surface area contributed by atoms with E-state index in [-0.39, 0.29) is 6.61 Å². The van der Waals surface area contributed by atoms with Gasteiger partial charge in [0.2, 0.25) is 0 Å². The fourth-order valence-corrected chi connectivity index (χ4v) is 3.67. The van der Waals surface area contributed by atoms with Gasteiger partial charge in [0.25, 0.3) is 0 Å². The van der Waals surface area contributed by atoms with Crippen molar-refractivity contribution in [3.8, 4) is 11.4 Å². The number of aromatic nitrogens is 4. The van der Waals surface area contributed by atoms with Crippen LogP contribution in [0.15, 0.2) is 66.7 Å². The minimum atomic E-state index is -0.437. The molecule has 2 heterocycles. The number of benzene rings is 2. The molecule has 2 aromatic carbocycles. The van der Waals surface area contributed by atoms with Crippen molar-refractivity contribution in [3.05, 3.63) is 100 Å². The predicted molar refractivity (Wildman–Crippen MR) is 119 cm³/mol. The van der Waals surface area contributed by atoms with E-state index in [1.165, 1.54) is 0 Å². The normalized spacial score (nSPS) is 10.8. The molecule has 2 aromatic heterocycles. The van der Waals surface area contributed by atoms with Gasteiger partial charge in [-0.3, -0.25) is 4.68 Å². The molecule has 156 valence electrons. The second-order valence-electron chi connectivity index (χ2n) is 7.15. The fraction of sp³-hybridized carbons (Fsp3) is 0.167. The van der Waals surface area contributed by atoms with Gasteiger partial charge in [0.05, 0.1) is 5.69 Å². The second kappa shape index (κ2) is 9.10. The van der Waals surface area contributed by atoms with Crippen LogP contribution in [-0.2, 0) is 24.8 Å². The van der Waals surface area contributed by atoms with Crippen LogP contribution in [0.4, 0.5) is 0 Å². The van der Waals surface area contributed by atoms with E-state index in [9.17, 15) is 4.79 Å². The third kappa shape index (κ3) is 4.81. The predicted octanol–water partition coefficient (Wildman–Crippen LogP) is 4.79. The molecule has 31 heavy (non-hydrogen) atoms. The van der Waals surface area contributed by atoms with Gasteiger partial charge in [-0.05, 0) is 18.1 Å². The summed E-state index contributed by atoms with van der Waals surface area (Å²) in [6.07, 6.45) is 0.500. The monoisotopic (exact) mass is 432 g/mol. The summed E-state index contributed by atoms with van der Waals surface area (Å²) < 4.78 is 7.16. The summed E-state index contributed by atoms with van der Waals surface area (Å²) in [7, 11) is 1.73. The zero-order valence-corrected chi connectivity index (χ0v) is 18.0. The van der Waals surface area contributed by atoms with Crippen LogP contribution in [0.25, 0.3) is 11.4 Å². The highest BCUT2D eigenvalue weighted by Crippen LogP contribution is 2.28. The Labute approximate surface area is 185 Å². The van der Waals surface area contributed by atoms with Crippen molar-refractivity contribution in [2.75, 3.05) is 0 Å². The molecule has 0 atom stereocenters. The molecule has 0 amide bonds. The molecule has 0 fully saturated rings. The van der Waals surface area contributed by atoms with Crippen LogP contribution in [0.3, 0.4) is 0 Å². The van der Waals surface area contributed by atoms with Crippen LogP contribution in [0.2, 0.25) is 5.15 Å². The fourth-order valence-electron chi connectivity index (χ4n) is 3.44. The van der Waals surface area contributed by atoms with Gasteiger partial charge in [0, 0.05) is 25.1 Å². The van der Waals surface area contributed by atoms with Crippen molar-refractivity contribution < 1.29 is 9.53 Å².